The molecule has 0 heterocycles. The van der Waals surface area contributed by atoms with Gasteiger partial charge < -0.3 is 0 Å². The second-order valence-electron chi connectivity index (χ2n) is 3.34. The molecule has 6 heavy (non-hydrogen) atoms. The summed E-state index contributed by atoms with van der Waals surface area (Å²) >= 11 is 0. The van der Waals surface area contributed by atoms with Gasteiger partial charge >= 0.3 is 0 Å². The molecule has 0 saturated heterocycles. The second-order valence-corrected chi connectivity index (χ2v) is 3.34. The largest absolute Gasteiger partial charge is 0.0441 e. The smallest absolute Gasteiger partial charge is 0.0258 e. The first-order chi connectivity index (χ1) is 2.91. The molecule has 4 aliphatic carbocycles. The number of hydrogen-bond acceptors (Lipinski definition) is 0. The highest BCUT2D eigenvalue weighted by molar-refractivity contribution is 5.26. The number of hydrogen-bond donors (Lipinski definition) is 0. The molecule has 0 amide bonds. The highest BCUT2D eigenvalue weighted by Gasteiger charge is 2.76. The molecule has 0 aliphatic heterocycles. The van der Waals surface area contributed by atoms with E-state index >= 15 is 0 Å². The van der Waals surface area contributed by atoms with Crippen LogP contribution in [0.1, 0.15) is 19.3 Å². The van der Waals surface area contributed by atoms with Gasteiger partial charge in [0.1, 0.15) is 0 Å². The van der Waals surface area contributed by atoms with Crippen molar-refractivity contribution >= 4 is 0 Å². The molecule has 0 aromatic rings. The molecule has 0 radical (unpaired) electrons. The summed E-state index contributed by atoms with van der Waals surface area (Å²) in [6, 6.07) is 0. The predicted molar refractivity (Wildman–Crippen MR) is 23.3 cm³/mol. The minimum absolute atomic E-state index is 1.03. The van der Waals surface area contributed by atoms with Gasteiger partial charge in [-0.05, 0) is 36.5 Å². The van der Waals surface area contributed by atoms with Gasteiger partial charge in [0, 0.05) is 0 Å². The van der Waals surface area contributed by atoms with E-state index in [0.29, 0.717) is 0 Å². The molecule has 1 unspecified atom stereocenters. The lowest BCUT2D eigenvalue weighted by Gasteiger charge is -2.49. The lowest BCUT2D eigenvalue weighted by atomic mass is 9.56. The summed E-state index contributed by atoms with van der Waals surface area (Å²) in [5.74, 6) is 2.52. The zero-order chi connectivity index (χ0) is 3.78. The van der Waals surface area contributed by atoms with Crippen molar-refractivity contribution in [2.45, 2.75) is 19.3 Å². The molecule has 2 bridgehead atoms. The first-order valence-electron chi connectivity index (χ1n) is 2.91. The second kappa shape index (κ2) is 0.356. The Hall–Kier alpha value is 0. The van der Waals surface area contributed by atoms with Crippen LogP contribution in [0.25, 0.3) is 0 Å². The monoisotopic (exact) mass is 80.1 g/mol. The van der Waals surface area contributed by atoms with E-state index in [2.05, 4.69) is 0 Å². The molecule has 0 heteroatoms. The minimum Gasteiger partial charge on any atom is -0.0441 e. The van der Waals surface area contributed by atoms with Crippen molar-refractivity contribution in [3.8, 4) is 0 Å². The molecule has 4 saturated carbocycles. The fourth-order valence-electron chi connectivity index (χ4n) is 2.46. The normalized spacial score (nSPS) is 80.0. The van der Waals surface area contributed by atoms with Gasteiger partial charge in [-0.15, -0.1) is 0 Å². The third kappa shape index (κ3) is 0.0681. The van der Waals surface area contributed by atoms with Gasteiger partial charge in [-0.1, -0.05) is 0 Å². The van der Waals surface area contributed by atoms with E-state index in [1.165, 1.54) is 11.8 Å². The quantitative estimate of drug-likeness (QED) is 0.412. The van der Waals surface area contributed by atoms with E-state index < -0.39 is 0 Å². The molecule has 0 N–H and O–H groups in total. The molecule has 0 aromatic carbocycles. The zero-order valence-electron chi connectivity index (χ0n) is 3.78. The minimum atomic E-state index is 1.03. The first-order valence-corrected chi connectivity index (χ1v) is 2.91. The summed E-state index contributed by atoms with van der Waals surface area (Å²) in [5.41, 5.74) is 1.03. The van der Waals surface area contributed by atoms with E-state index in [4.69, 9.17) is 0 Å². The van der Waals surface area contributed by atoms with Crippen molar-refractivity contribution in [3.63, 3.8) is 0 Å². The van der Waals surface area contributed by atoms with Crippen LogP contribution in [0.2, 0.25) is 0 Å². The average Bonchev–Trinajstić information content (AvgIpc) is 1.63. The van der Waals surface area contributed by atoms with E-state index in [1.54, 1.807) is 19.3 Å². The summed E-state index contributed by atoms with van der Waals surface area (Å²) in [7, 11) is 0. The fraction of sp³-hybridized carbons (Fsp3) is 1.00. The highest BCUT2D eigenvalue weighted by atomic mass is 14.8. The van der Waals surface area contributed by atoms with Crippen molar-refractivity contribution < 1.29 is 0 Å². The molecular formula is C6H8. The van der Waals surface area contributed by atoms with Gasteiger partial charge in [0.2, 0.25) is 0 Å². The van der Waals surface area contributed by atoms with Gasteiger partial charge in [0.15, 0.2) is 0 Å². The Morgan fingerprint density at radius 1 is 1.17 bits per heavy atom. The zero-order valence-corrected chi connectivity index (χ0v) is 3.78. The highest BCUT2D eigenvalue weighted by Crippen LogP contribution is 2.85. The van der Waals surface area contributed by atoms with Crippen LogP contribution < -0.4 is 0 Å². The maximum absolute atomic E-state index is 1.62. The van der Waals surface area contributed by atoms with E-state index in [0.717, 1.165) is 5.41 Å². The molecule has 1 atom stereocenters. The van der Waals surface area contributed by atoms with E-state index in [-0.39, 0.29) is 0 Å². The lowest BCUT2D eigenvalue weighted by Crippen LogP contribution is -2.41. The third-order valence-corrected chi connectivity index (χ3v) is 3.16. The molecule has 0 nitrogen and oxygen atoms in total. The van der Waals surface area contributed by atoms with Crippen molar-refractivity contribution in [1.29, 1.82) is 0 Å². The van der Waals surface area contributed by atoms with Gasteiger partial charge in [-0.2, -0.15) is 0 Å². The summed E-state index contributed by atoms with van der Waals surface area (Å²) in [4.78, 5) is 0. The summed E-state index contributed by atoms with van der Waals surface area (Å²) in [6.45, 7) is 0. The summed E-state index contributed by atoms with van der Waals surface area (Å²) in [6.07, 6.45) is 4.87. The standard InChI is InChI=1S/C6H8/c1-4-2-6(1)3-5(4)6/h4-5H,1-3H2. The number of rotatable bonds is 0. The van der Waals surface area contributed by atoms with Crippen LogP contribution in [0.5, 0.6) is 0 Å². The third-order valence-electron chi connectivity index (χ3n) is 3.16. The first kappa shape index (κ1) is 2.34. The van der Waals surface area contributed by atoms with Crippen molar-refractivity contribution in [2.75, 3.05) is 0 Å². The van der Waals surface area contributed by atoms with E-state index in [9.17, 15) is 0 Å². The topological polar surface area (TPSA) is 0 Å². The Balaban J connectivity index is 2.26. The predicted octanol–water partition coefficient (Wildman–Crippen LogP) is 1.42. The Morgan fingerprint density at radius 2 is 1.83 bits per heavy atom. The Kier molecular flexibility index (Phi) is 0.139. The fourth-order valence-corrected chi connectivity index (χ4v) is 2.46. The van der Waals surface area contributed by atoms with Crippen LogP contribution in [0, 0.1) is 17.3 Å². The molecule has 1 spiro atoms. The Bertz CT molecular complexity index is 98.2. The van der Waals surface area contributed by atoms with E-state index in [1.807, 2.05) is 0 Å². The van der Waals surface area contributed by atoms with Crippen LogP contribution in [0.4, 0.5) is 0 Å². The van der Waals surface area contributed by atoms with Crippen LogP contribution in [0.15, 0.2) is 0 Å². The van der Waals surface area contributed by atoms with Gasteiger partial charge in [-0.3, -0.25) is 0 Å². The van der Waals surface area contributed by atoms with Crippen LogP contribution in [-0.4, -0.2) is 0 Å². The summed E-state index contributed by atoms with van der Waals surface area (Å²) < 4.78 is 0. The summed E-state index contributed by atoms with van der Waals surface area (Å²) in [5, 5.41) is 0. The SMILES string of the molecule is C1C2CC13CC23. The van der Waals surface area contributed by atoms with Crippen molar-refractivity contribution in [2.24, 2.45) is 17.3 Å². The Morgan fingerprint density at radius 3 is 1.83 bits per heavy atom. The molecule has 4 rings (SSSR count). The molecule has 4 aliphatic rings. The molecule has 0 aromatic heterocycles. The van der Waals surface area contributed by atoms with Gasteiger partial charge in [0.25, 0.3) is 0 Å². The van der Waals surface area contributed by atoms with Gasteiger partial charge in [-0.25, -0.2) is 0 Å². The van der Waals surface area contributed by atoms with Crippen molar-refractivity contribution in [3.05, 3.63) is 0 Å². The Labute approximate surface area is 37.5 Å². The van der Waals surface area contributed by atoms with Gasteiger partial charge in [0.05, 0.1) is 0 Å². The maximum atomic E-state index is 1.62. The molecular weight excluding hydrogens is 72.1 g/mol. The van der Waals surface area contributed by atoms with Crippen LogP contribution in [-0.2, 0) is 0 Å². The van der Waals surface area contributed by atoms with Crippen LogP contribution in [0.3, 0.4) is 0 Å². The average molecular weight is 80.1 g/mol. The maximum Gasteiger partial charge on any atom is -0.0258 e. The molecule has 4 fully saturated rings. The van der Waals surface area contributed by atoms with Crippen molar-refractivity contribution in [1.82, 2.24) is 0 Å². The lowest BCUT2D eigenvalue weighted by molar-refractivity contribution is 0.00381. The van der Waals surface area contributed by atoms with Crippen LogP contribution >= 0.6 is 0 Å². The molecule has 32 valence electrons.